The van der Waals surface area contributed by atoms with Gasteiger partial charge >= 0.3 is 0 Å². The third-order valence-corrected chi connectivity index (χ3v) is 6.05. The molecule has 6 nitrogen and oxygen atoms in total. The van der Waals surface area contributed by atoms with Gasteiger partial charge in [-0.3, -0.25) is 9.69 Å². The summed E-state index contributed by atoms with van der Waals surface area (Å²) in [7, 11) is 0. The molecule has 2 aliphatic heterocycles. The molecule has 2 fully saturated rings. The van der Waals surface area contributed by atoms with E-state index in [0.29, 0.717) is 24.5 Å². The van der Waals surface area contributed by atoms with Crippen LogP contribution < -0.4 is 5.32 Å². The lowest BCUT2D eigenvalue weighted by atomic mass is 10.0. The Kier molecular flexibility index (Phi) is 5.08. The Hall–Kier alpha value is -1.40. The second-order valence-corrected chi connectivity index (χ2v) is 7.77. The number of aromatic nitrogens is 2. The van der Waals surface area contributed by atoms with E-state index in [9.17, 15) is 4.79 Å². The van der Waals surface area contributed by atoms with Crippen LogP contribution in [-0.4, -0.2) is 52.2 Å². The van der Waals surface area contributed by atoms with Crippen molar-refractivity contribution in [2.75, 3.05) is 19.8 Å². The molecule has 6 heteroatoms. The fraction of sp³-hybridized carbons (Fsp3) is 0.789. The van der Waals surface area contributed by atoms with Crippen LogP contribution >= 0.6 is 0 Å². The number of amides is 1. The van der Waals surface area contributed by atoms with Crippen LogP contribution in [0.2, 0.25) is 0 Å². The zero-order valence-electron chi connectivity index (χ0n) is 15.2. The van der Waals surface area contributed by atoms with Crippen molar-refractivity contribution < 1.29 is 9.53 Å². The molecular formula is C19H30N4O2. The molecule has 3 heterocycles. The lowest BCUT2D eigenvalue weighted by molar-refractivity contribution is -0.121. The molecule has 3 aliphatic rings. The highest BCUT2D eigenvalue weighted by atomic mass is 16.5. The highest BCUT2D eigenvalue weighted by molar-refractivity contribution is 5.78. The topological polar surface area (TPSA) is 59.4 Å². The summed E-state index contributed by atoms with van der Waals surface area (Å²) in [6, 6.07) is 1.29. The Morgan fingerprint density at radius 3 is 2.76 bits per heavy atom. The molecule has 25 heavy (non-hydrogen) atoms. The number of rotatable bonds is 4. The average Bonchev–Trinajstić information content (AvgIpc) is 3.25. The summed E-state index contributed by atoms with van der Waals surface area (Å²) in [5.41, 5.74) is 0.908. The summed E-state index contributed by atoms with van der Waals surface area (Å²) >= 11 is 0. The van der Waals surface area contributed by atoms with Crippen LogP contribution in [0.3, 0.4) is 0 Å². The summed E-state index contributed by atoms with van der Waals surface area (Å²) in [6.45, 7) is 6.01. The molecule has 1 saturated heterocycles. The van der Waals surface area contributed by atoms with Crippen molar-refractivity contribution in [2.45, 2.75) is 76.5 Å². The van der Waals surface area contributed by atoms with Gasteiger partial charge in [-0.05, 0) is 32.6 Å². The quantitative estimate of drug-likeness (QED) is 0.906. The van der Waals surface area contributed by atoms with E-state index in [2.05, 4.69) is 27.9 Å². The predicted octanol–water partition coefficient (Wildman–Crippen LogP) is 2.04. The normalized spacial score (nSPS) is 25.9. The molecule has 1 aliphatic carbocycles. The minimum atomic E-state index is 0.122. The van der Waals surface area contributed by atoms with E-state index in [1.165, 1.54) is 12.8 Å². The molecule has 1 amide bonds. The first-order valence-corrected chi connectivity index (χ1v) is 9.89. The highest BCUT2D eigenvalue weighted by Gasteiger charge is 2.32. The molecule has 1 N–H and O–H groups in total. The molecule has 138 valence electrons. The van der Waals surface area contributed by atoms with Gasteiger partial charge < -0.3 is 14.6 Å². The molecule has 1 atom stereocenters. The average molecular weight is 346 g/mol. The van der Waals surface area contributed by atoms with E-state index >= 15 is 0 Å². The molecule has 4 rings (SSSR count). The lowest BCUT2D eigenvalue weighted by Gasteiger charge is -2.41. The van der Waals surface area contributed by atoms with Crippen LogP contribution in [-0.2, 0) is 22.5 Å². The number of hydrogen-bond acceptors (Lipinski definition) is 4. The van der Waals surface area contributed by atoms with Gasteiger partial charge in [0.25, 0.3) is 0 Å². The fourth-order valence-electron chi connectivity index (χ4n) is 4.68. The van der Waals surface area contributed by atoms with Crippen LogP contribution in [0.15, 0.2) is 6.20 Å². The van der Waals surface area contributed by atoms with E-state index in [0.717, 1.165) is 63.5 Å². The van der Waals surface area contributed by atoms with E-state index in [1.807, 2.05) is 0 Å². The second kappa shape index (κ2) is 7.46. The van der Waals surface area contributed by atoms with E-state index in [1.54, 1.807) is 0 Å². The van der Waals surface area contributed by atoms with Gasteiger partial charge in [0.05, 0.1) is 18.2 Å². The third-order valence-electron chi connectivity index (χ3n) is 6.05. The SMILES string of the molecule is CC1c2nc(CC(=O)NC3CCCC3)cn2CCN1C1CCOCC1. The van der Waals surface area contributed by atoms with Gasteiger partial charge in [-0.2, -0.15) is 0 Å². The van der Waals surface area contributed by atoms with Crippen molar-refractivity contribution in [3.63, 3.8) is 0 Å². The maximum atomic E-state index is 12.3. The number of nitrogens with zero attached hydrogens (tertiary/aromatic N) is 3. The van der Waals surface area contributed by atoms with Crippen molar-refractivity contribution in [3.8, 4) is 0 Å². The Balaban J connectivity index is 1.39. The summed E-state index contributed by atoms with van der Waals surface area (Å²) in [6.07, 6.45) is 9.45. The number of fused-ring (bicyclic) bond motifs is 1. The maximum Gasteiger partial charge on any atom is 0.226 e. The van der Waals surface area contributed by atoms with Gasteiger partial charge in [0.1, 0.15) is 5.82 Å². The van der Waals surface area contributed by atoms with Gasteiger partial charge in [-0.1, -0.05) is 12.8 Å². The van der Waals surface area contributed by atoms with Gasteiger partial charge in [0.2, 0.25) is 5.91 Å². The Morgan fingerprint density at radius 2 is 2.00 bits per heavy atom. The smallest absolute Gasteiger partial charge is 0.226 e. The zero-order chi connectivity index (χ0) is 17.2. The van der Waals surface area contributed by atoms with E-state index in [4.69, 9.17) is 9.72 Å². The molecule has 1 unspecified atom stereocenters. The minimum Gasteiger partial charge on any atom is -0.381 e. The maximum absolute atomic E-state index is 12.3. The minimum absolute atomic E-state index is 0.122. The van der Waals surface area contributed by atoms with Crippen LogP contribution in [0.4, 0.5) is 0 Å². The van der Waals surface area contributed by atoms with E-state index < -0.39 is 0 Å². The molecule has 0 bridgehead atoms. The van der Waals surface area contributed by atoms with Gasteiger partial charge in [0.15, 0.2) is 0 Å². The molecule has 0 spiro atoms. The van der Waals surface area contributed by atoms with Gasteiger partial charge in [-0.25, -0.2) is 4.98 Å². The van der Waals surface area contributed by atoms with Gasteiger partial charge in [0, 0.05) is 44.6 Å². The Morgan fingerprint density at radius 1 is 1.24 bits per heavy atom. The Bertz CT molecular complexity index is 603. The highest BCUT2D eigenvalue weighted by Crippen LogP contribution is 2.30. The van der Waals surface area contributed by atoms with Gasteiger partial charge in [-0.15, -0.1) is 0 Å². The first-order chi connectivity index (χ1) is 12.2. The largest absolute Gasteiger partial charge is 0.381 e. The fourth-order valence-corrected chi connectivity index (χ4v) is 4.68. The predicted molar refractivity (Wildman–Crippen MR) is 95.3 cm³/mol. The second-order valence-electron chi connectivity index (χ2n) is 7.77. The Labute approximate surface area is 149 Å². The van der Waals surface area contributed by atoms with Crippen LogP contribution in [0.5, 0.6) is 0 Å². The van der Waals surface area contributed by atoms with Crippen molar-refractivity contribution in [1.82, 2.24) is 19.8 Å². The number of carbonyl (C=O) groups excluding carboxylic acids is 1. The van der Waals surface area contributed by atoms with Crippen molar-refractivity contribution in [1.29, 1.82) is 0 Å². The van der Waals surface area contributed by atoms with E-state index in [-0.39, 0.29) is 5.91 Å². The van der Waals surface area contributed by atoms with Crippen LogP contribution in [0.25, 0.3) is 0 Å². The summed E-state index contributed by atoms with van der Waals surface area (Å²) in [5.74, 6) is 1.23. The molecular weight excluding hydrogens is 316 g/mol. The zero-order valence-corrected chi connectivity index (χ0v) is 15.2. The molecule has 1 aromatic rings. The number of carbonyl (C=O) groups is 1. The van der Waals surface area contributed by atoms with Crippen molar-refractivity contribution in [3.05, 3.63) is 17.7 Å². The van der Waals surface area contributed by atoms with Crippen molar-refractivity contribution in [2.24, 2.45) is 0 Å². The number of nitrogens with one attached hydrogen (secondary N) is 1. The first kappa shape index (κ1) is 17.0. The lowest BCUT2D eigenvalue weighted by Crippen LogP contribution is -2.45. The summed E-state index contributed by atoms with van der Waals surface area (Å²) in [5, 5.41) is 3.17. The summed E-state index contributed by atoms with van der Waals surface area (Å²) in [4.78, 5) is 19.7. The molecule has 0 aromatic carbocycles. The third kappa shape index (κ3) is 3.75. The standard InChI is InChI=1S/C19H30N4O2/c1-14-19-21-16(12-18(24)20-15-4-2-3-5-15)13-22(19)8-9-23(14)17-6-10-25-11-7-17/h13-15,17H,2-12H2,1H3,(H,20,24). The number of imidazole rings is 1. The number of hydrogen-bond donors (Lipinski definition) is 1. The first-order valence-electron chi connectivity index (χ1n) is 9.89. The van der Waals surface area contributed by atoms with Crippen LogP contribution in [0.1, 0.15) is 63.0 Å². The number of ether oxygens (including phenoxy) is 1. The molecule has 1 saturated carbocycles. The molecule has 1 aromatic heterocycles. The molecule has 0 radical (unpaired) electrons. The van der Waals surface area contributed by atoms with Crippen LogP contribution in [0, 0.1) is 0 Å². The van der Waals surface area contributed by atoms with Crippen molar-refractivity contribution >= 4 is 5.91 Å². The summed E-state index contributed by atoms with van der Waals surface area (Å²) < 4.78 is 7.75. The monoisotopic (exact) mass is 346 g/mol.